The highest BCUT2D eigenvalue weighted by molar-refractivity contribution is 5.94. The van der Waals surface area contributed by atoms with E-state index in [0.29, 0.717) is 33.5 Å². The van der Waals surface area contributed by atoms with E-state index in [-0.39, 0.29) is 17.0 Å². The van der Waals surface area contributed by atoms with Gasteiger partial charge in [0, 0.05) is 24.3 Å². The number of carboxylic acids is 1. The first-order valence-corrected chi connectivity index (χ1v) is 11.7. The zero-order valence-corrected chi connectivity index (χ0v) is 19.4. The molecule has 0 amide bonds. The zero-order valence-electron chi connectivity index (χ0n) is 19.4. The third kappa shape index (κ3) is 3.88. The van der Waals surface area contributed by atoms with Crippen molar-refractivity contribution in [3.05, 3.63) is 68.9 Å². The van der Waals surface area contributed by atoms with E-state index in [9.17, 15) is 14.7 Å². The molecular formula is C27H30N2O4. The zero-order chi connectivity index (χ0) is 23.3. The van der Waals surface area contributed by atoms with Crippen molar-refractivity contribution in [1.29, 1.82) is 0 Å². The highest BCUT2D eigenvalue weighted by Gasteiger charge is 2.45. The van der Waals surface area contributed by atoms with E-state index >= 15 is 0 Å². The molecule has 2 heterocycles. The molecule has 1 spiro atoms. The van der Waals surface area contributed by atoms with Crippen molar-refractivity contribution in [3.8, 4) is 0 Å². The van der Waals surface area contributed by atoms with Crippen molar-refractivity contribution in [2.75, 3.05) is 23.3 Å². The number of nitrogens with one attached hydrogen (secondary N) is 1. The SMILES string of the molecule is Cc1cc(C(C)Nc2ccccc2C(=O)O)c2oc(N3CCC4(CC3)CC4)c(C)c(=O)c2c1. The van der Waals surface area contributed by atoms with E-state index in [1.165, 1.54) is 12.8 Å². The fourth-order valence-corrected chi connectivity index (χ4v) is 5.15. The molecule has 1 saturated carbocycles. The average molecular weight is 447 g/mol. The maximum absolute atomic E-state index is 13.4. The number of hydrogen-bond acceptors (Lipinski definition) is 5. The third-order valence-electron chi connectivity index (χ3n) is 7.43. The van der Waals surface area contributed by atoms with Crippen molar-refractivity contribution in [2.45, 2.75) is 52.5 Å². The molecule has 5 rings (SSSR count). The number of aromatic carboxylic acids is 1. The van der Waals surface area contributed by atoms with Crippen LogP contribution in [0.2, 0.25) is 0 Å². The molecule has 2 N–H and O–H groups in total. The monoisotopic (exact) mass is 446 g/mol. The summed E-state index contributed by atoms with van der Waals surface area (Å²) >= 11 is 0. The van der Waals surface area contributed by atoms with Crippen LogP contribution in [-0.4, -0.2) is 24.2 Å². The molecule has 1 aromatic heterocycles. The predicted octanol–water partition coefficient (Wildman–Crippen LogP) is 5.66. The molecule has 0 radical (unpaired) electrons. The first-order valence-electron chi connectivity index (χ1n) is 11.7. The van der Waals surface area contributed by atoms with Crippen molar-refractivity contribution in [1.82, 2.24) is 0 Å². The summed E-state index contributed by atoms with van der Waals surface area (Å²) in [6.45, 7) is 7.61. The second-order valence-electron chi connectivity index (χ2n) is 9.80. The Bertz CT molecular complexity index is 1300. The lowest BCUT2D eigenvalue weighted by atomic mass is 9.93. The molecule has 172 valence electrons. The van der Waals surface area contributed by atoms with Crippen LogP contribution in [0.4, 0.5) is 11.6 Å². The van der Waals surface area contributed by atoms with Gasteiger partial charge in [0.05, 0.1) is 22.6 Å². The molecular weight excluding hydrogens is 416 g/mol. The Morgan fingerprint density at radius 2 is 1.82 bits per heavy atom. The van der Waals surface area contributed by atoms with Gasteiger partial charge >= 0.3 is 5.97 Å². The number of nitrogens with zero attached hydrogens (tertiary/aromatic N) is 1. The third-order valence-corrected chi connectivity index (χ3v) is 7.43. The number of carboxylic acid groups (broad SMARTS) is 1. The lowest BCUT2D eigenvalue weighted by Crippen LogP contribution is -2.35. The fourth-order valence-electron chi connectivity index (χ4n) is 5.15. The Kier molecular flexibility index (Phi) is 5.19. The highest BCUT2D eigenvalue weighted by atomic mass is 16.4. The van der Waals surface area contributed by atoms with Gasteiger partial charge in [-0.15, -0.1) is 0 Å². The molecule has 1 aliphatic heterocycles. The number of aryl methyl sites for hydroxylation is 1. The van der Waals surface area contributed by atoms with Gasteiger partial charge in [-0.3, -0.25) is 4.79 Å². The van der Waals surface area contributed by atoms with E-state index in [4.69, 9.17) is 4.42 Å². The quantitative estimate of drug-likeness (QED) is 0.526. The van der Waals surface area contributed by atoms with Crippen LogP contribution in [-0.2, 0) is 0 Å². The van der Waals surface area contributed by atoms with E-state index in [1.807, 2.05) is 32.9 Å². The Labute approximate surface area is 193 Å². The van der Waals surface area contributed by atoms with Gasteiger partial charge < -0.3 is 19.7 Å². The number of para-hydroxylation sites is 1. The van der Waals surface area contributed by atoms with Gasteiger partial charge in [0.2, 0.25) is 5.88 Å². The Hall–Kier alpha value is -3.28. The molecule has 1 unspecified atom stereocenters. The Morgan fingerprint density at radius 3 is 2.48 bits per heavy atom. The number of rotatable bonds is 5. The lowest BCUT2D eigenvalue weighted by molar-refractivity contribution is 0.0698. The van der Waals surface area contributed by atoms with E-state index in [0.717, 1.165) is 37.1 Å². The molecule has 1 aliphatic carbocycles. The van der Waals surface area contributed by atoms with Gasteiger partial charge in [0.15, 0.2) is 5.43 Å². The second kappa shape index (κ2) is 7.94. The molecule has 1 saturated heterocycles. The smallest absolute Gasteiger partial charge is 0.337 e. The maximum atomic E-state index is 13.4. The van der Waals surface area contributed by atoms with Crippen LogP contribution in [0.5, 0.6) is 0 Å². The van der Waals surface area contributed by atoms with Gasteiger partial charge in [-0.2, -0.15) is 0 Å². The molecule has 2 aromatic carbocycles. The van der Waals surface area contributed by atoms with Crippen molar-refractivity contribution in [2.24, 2.45) is 5.41 Å². The van der Waals surface area contributed by atoms with Crippen LogP contribution in [0.3, 0.4) is 0 Å². The van der Waals surface area contributed by atoms with Crippen molar-refractivity contribution >= 4 is 28.5 Å². The molecule has 6 nitrogen and oxygen atoms in total. The maximum Gasteiger partial charge on any atom is 0.337 e. The number of piperidine rings is 1. The summed E-state index contributed by atoms with van der Waals surface area (Å²) in [5.41, 5.74) is 4.33. The fraction of sp³-hybridized carbons (Fsp3) is 0.407. The van der Waals surface area contributed by atoms with Crippen molar-refractivity contribution in [3.63, 3.8) is 0 Å². The second-order valence-corrected chi connectivity index (χ2v) is 9.80. The van der Waals surface area contributed by atoms with Crippen LogP contribution in [0.1, 0.15) is 65.7 Å². The average Bonchev–Trinajstić information content (AvgIpc) is 3.55. The number of carbonyl (C=O) groups is 1. The van der Waals surface area contributed by atoms with E-state index < -0.39 is 5.97 Å². The molecule has 1 atom stereocenters. The van der Waals surface area contributed by atoms with Crippen LogP contribution >= 0.6 is 0 Å². The summed E-state index contributed by atoms with van der Waals surface area (Å²) < 4.78 is 6.49. The van der Waals surface area contributed by atoms with Gasteiger partial charge in [-0.1, -0.05) is 18.2 Å². The number of fused-ring (bicyclic) bond motifs is 1. The minimum Gasteiger partial charge on any atom is -0.478 e. The summed E-state index contributed by atoms with van der Waals surface area (Å²) in [6, 6.07) is 10.5. The summed E-state index contributed by atoms with van der Waals surface area (Å²) in [7, 11) is 0. The van der Waals surface area contributed by atoms with Crippen LogP contribution in [0.15, 0.2) is 45.6 Å². The first-order chi connectivity index (χ1) is 15.8. The van der Waals surface area contributed by atoms with Crippen LogP contribution in [0, 0.1) is 19.3 Å². The van der Waals surface area contributed by atoms with Crippen LogP contribution in [0.25, 0.3) is 11.0 Å². The topological polar surface area (TPSA) is 82.8 Å². The Balaban J connectivity index is 1.56. The largest absolute Gasteiger partial charge is 0.478 e. The summed E-state index contributed by atoms with van der Waals surface area (Å²) in [5, 5.41) is 13.4. The summed E-state index contributed by atoms with van der Waals surface area (Å²) in [5.74, 6) is -0.311. The standard InChI is InChI=1S/C27H30N2O4/c1-16-14-20(18(3)28-22-7-5-4-6-19(22)26(31)32)24-21(15-16)23(30)17(2)25(33-24)29-12-10-27(8-9-27)11-13-29/h4-7,14-15,18,28H,8-13H2,1-3H3,(H,31,32). The first kappa shape index (κ1) is 21.6. The van der Waals surface area contributed by atoms with Gasteiger partial charge in [0.1, 0.15) is 5.58 Å². The normalized spacial score (nSPS) is 17.8. The highest BCUT2D eigenvalue weighted by Crippen LogP contribution is 2.54. The summed E-state index contributed by atoms with van der Waals surface area (Å²) in [4.78, 5) is 27.3. The number of hydrogen-bond donors (Lipinski definition) is 2. The summed E-state index contributed by atoms with van der Waals surface area (Å²) in [6.07, 6.45) is 4.95. The molecule has 0 bridgehead atoms. The van der Waals surface area contributed by atoms with Gasteiger partial charge in [-0.05, 0) is 75.6 Å². The molecule has 2 aliphatic rings. The minimum absolute atomic E-state index is 0.000967. The molecule has 6 heteroatoms. The predicted molar refractivity (Wildman–Crippen MR) is 131 cm³/mol. The Morgan fingerprint density at radius 1 is 1.12 bits per heavy atom. The number of benzene rings is 2. The molecule has 2 fully saturated rings. The number of anilines is 2. The molecule has 33 heavy (non-hydrogen) atoms. The molecule has 3 aromatic rings. The van der Waals surface area contributed by atoms with Gasteiger partial charge in [0.25, 0.3) is 0 Å². The van der Waals surface area contributed by atoms with Gasteiger partial charge in [-0.25, -0.2) is 4.79 Å². The van der Waals surface area contributed by atoms with E-state index in [1.54, 1.807) is 24.3 Å². The lowest BCUT2D eigenvalue weighted by Gasteiger charge is -2.33. The van der Waals surface area contributed by atoms with Crippen molar-refractivity contribution < 1.29 is 14.3 Å². The van der Waals surface area contributed by atoms with E-state index in [2.05, 4.69) is 10.2 Å². The van der Waals surface area contributed by atoms with Crippen LogP contribution < -0.4 is 15.6 Å². The minimum atomic E-state index is -0.984.